The van der Waals surface area contributed by atoms with Crippen molar-refractivity contribution in [2.24, 2.45) is 5.92 Å². The lowest BCUT2D eigenvalue weighted by Crippen LogP contribution is -2.35. The summed E-state index contributed by atoms with van der Waals surface area (Å²) < 4.78 is 5.71. The summed E-state index contributed by atoms with van der Waals surface area (Å²) in [5.41, 5.74) is 1.44. The Morgan fingerprint density at radius 2 is 2.10 bits per heavy atom. The van der Waals surface area contributed by atoms with Crippen LogP contribution >= 0.6 is 0 Å². The smallest absolute Gasteiger partial charge is 0.122 e. The summed E-state index contributed by atoms with van der Waals surface area (Å²) in [7, 11) is 0. The molecule has 1 aliphatic carbocycles. The second kappa shape index (κ2) is 6.77. The van der Waals surface area contributed by atoms with Crippen molar-refractivity contribution in [3.63, 3.8) is 0 Å². The van der Waals surface area contributed by atoms with E-state index in [-0.39, 0.29) is 5.54 Å². The molecule has 1 aromatic heterocycles. The molecular weight excluding hydrogens is 248 g/mol. The molecule has 0 amide bonds. The van der Waals surface area contributed by atoms with E-state index in [9.17, 15) is 0 Å². The van der Waals surface area contributed by atoms with Gasteiger partial charge in [0.2, 0.25) is 0 Å². The number of rotatable bonds is 7. The van der Waals surface area contributed by atoms with E-state index in [4.69, 9.17) is 4.42 Å². The van der Waals surface area contributed by atoms with E-state index in [2.05, 4.69) is 44.0 Å². The summed E-state index contributed by atoms with van der Waals surface area (Å²) in [6.45, 7) is 13.0. The highest BCUT2D eigenvalue weighted by atomic mass is 16.3. The second-order valence-corrected chi connectivity index (χ2v) is 7.10. The average Bonchev–Trinajstić information content (AvgIpc) is 2.76. The van der Waals surface area contributed by atoms with E-state index < -0.39 is 0 Å². The van der Waals surface area contributed by atoms with Crippen molar-refractivity contribution in [1.29, 1.82) is 0 Å². The Morgan fingerprint density at radius 3 is 2.65 bits per heavy atom. The van der Waals surface area contributed by atoms with Gasteiger partial charge < -0.3 is 9.73 Å². The number of hydrogen-bond donors (Lipinski definition) is 1. The number of furan rings is 1. The molecule has 0 spiro atoms. The minimum absolute atomic E-state index is 0.144. The zero-order chi connectivity index (χ0) is 14.6. The Hall–Kier alpha value is -0.800. The lowest BCUT2D eigenvalue weighted by atomic mass is 9.85. The molecule has 0 aromatic carbocycles. The van der Waals surface area contributed by atoms with Crippen LogP contribution in [0.5, 0.6) is 0 Å². The van der Waals surface area contributed by atoms with Gasteiger partial charge in [-0.05, 0) is 52.1 Å². The minimum atomic E-state index is 0.144. The summed E-state index contributed by atoms with van der Waals surface area (Å²) in [6, 6.07) is 2.10. The predicted octanol–water partition coefficient (Wildman–Crippen LogP) is 3.79. The Kier molecular flexibility index (Phi) is 5.28. The highest BCUT2D eigenvalue weighted by molar-refractivity contribution is 5.17. The molecule has 0 atom stereocenters. The topological polar surface area (TPSA) is 28.4 Å². The summed E-state index contributed by atoms with van der Waals surface area (Å²) in [5.74, 6) is 2.05. The van der Waals surface area contributed by atoms with Gasteiger partial charge in [0, 0.05) is 24.2 Å². The largest absolute Gasteiger partial charge is 0.468 e. The third kappa shape index (κ3) is 4.64. The molecule has 1 heterocycles. The van der Waals surface area contributed by atoms with Crippen molar-refractivity contribution in [3.05, 3.63) is 23.7 Å². The van der Waals surface area contributed by atoms with E-state index in [1.54, 1.807) is 0 Å². The lowest BCUT2D eigenvalue weighted by Gasteiger charge is -2.31. The highest BCUT2D eigenvalue weighted by Gasteiger charge is 2.21. The van der Waals surface area contributed by atoms with Gasteiger partial charge in [-0.25, -0.2) is 0 Å². The van der Waals surface area contributed by atoms with Crippen LogP contribution in [-0.4, -0.2) is 23.5 Å². The molecule has 20 heavy (non-hydrogen) atoms. The van der Waals surface area contributed by atoms with Crippen molar-refractivity contribution in [2.45, 2.75) is 65.6 Å². The molecule has 2 rings (SSSR count). The van der Waals surface area contributed by atoms with E-state index in [1.807, 2.05) is 6.26 Å². The third-order valence-electron chi connectivity index (χ3n) is 4.20. The molecule has 0 radical (unpaired) electrons. The van der Waals surface area contributed by atoms with Gasteiger partial charge >= 0.3 is 0 Å². The number of hydrogen-bond acceptors (Lipinski definition) is 3. The van der Waals surface area contributed by atoms with E-state index in [0.717, 1.165) is 31.3 Å². The SMILES string of the molecule is CCN(Cc1occc1CNC(C)(C)C)CC1CCC1. The Bertz CT molecular complexity index is 401. The van der Waals surface area contributed by atoms with Crippen molar-refractivity contribution >= 4 is 0 Å². The average molecular weight is 278 g/mol. The molecule has 1 saturated carbocycles. The fraction of sp³-hybridized carbons (Fsp3) is 0.765. The molecule has 3 heteroatoms. The van der Waals surface area contributed by atoms with Crippen LogP contribution in [-0.2, 0) is 13.1 Å². The maximum atomic E-state index is 5.71. The molecule has 114 valence electrons. The number of nitrogens with one attached hydrogen (secondary N) is 1. The van der Waals surface area contributed by atoms with Gasteiger partial charge in [-0.2, -0.15) is 0 Å². The van der Waals surface area contributed by atoms with E-state index in [1.165, 1.54) is 31.4 Å². The van der Waals surface area contributed by atoms with Gasteiger partial charge in [0.05, 0.1) is 12.8 Å². The predicted molar refractivity (Wildman–Crippen MR) is 83.6 cm³/mol. The lowest BCUT2D eigenvalue weighted by molar-refractivity contribution is 0.168. The van der Waals surface area contributed by atoms with Crippen molar-refractivity contribution in [3.8, 4) is 0 Å². The molecule has 0 saturated heterocycles. The molecule has 0 unspecified atom stereocenters. The first kappa shape index (κ1) is 15.6. The van der Waals surface area contributed by atoms with Gasteiger partial charge in [0.1, 0.15) is 5.76 Å². The maximum Gasteiger partial charge on any atom is 0.122 e. The van der Waals surface area contributed by atoms with Crippen LogP contribution in [0.1, 0.15) is 58.3 Å². The normalized spacial score (nSPS) is 16.6. The van der Waals surface area contributed by atoms with Crippen LogP contribution in [0.3, 0.4) is 0 Å². The van der Waals surface area contributed by atoms with Crippen LogP contribution in [0.25, 0.3) is 0 Å². The maximum absolute atomic E-state index is 5.71. The standard InChI is InChI=1S/C17H30N2O/c1-5-19(12-14-7-6-8-14)13-16-15(9-10-20-16)11-18-17(2,3)4/h9-10,14,18H,5-8,11-13H2,1-4H3. The zero-order valence-corrected chi connectivity index (χ0v) is 13.5. The molecule has 1 N–H and O–H groups in total. The summed E-state index contributed by atoms with van der Waals surface area (Å²) >= 11 is 0. The first-order chi connectivity index (χ1) is 9.48. The minimum Gasteiger partial charge on any atom is -0.468 e. The Labute approximate surface area is 123 Å². The molecule has 0 bridgehead atoms. The first-order valence-electron chi connectivity index (χ1n) is 8.00. The summed E-state index contributed by atoms with van der Waals surface area (Å²) in [4.78, 5) is 2.52. The van der Waals surface area contributed by atoms with Crippen LogP contribution in [0.15, 0.2) is 16.7 Å². The quantitative estimate of drug-likeness (QED) is 0.822. The van der Waals surface area contributed by atoms with Crippen LogP contribution in [0.2, 0.25) is 0 Å². The van der Waals surface area contributed by atoms with Crippen LogP contribution in [0.4, 0.5) is 0 Å². The molecule has 1 fully saturated rings. The molecule has 1 aliphatic rings. The van der Waals surface area contributed by atoms with Crippen LogP contribution in [0, 0.1) is 5.92 Å². The van der Waals surface area contributed by atoms with Crippen molar-refractivity contribution in [1.82, 2.24) is 10.2 Å². The fourth-order valence-electron chi connectivity index (χ4n) is 2.57. The zero-order valence-electron chi connectivity index (χ0n) is 13.5. The van der Waals surface area contributed by atoms with Gasteiger partial charge in [0.25, 0.3) is 0 Å². The van der Waals surface area contributed by atoms with Gasteiger partial charge in [-0.3, -0.25) is 4.90 Å². The van der Waals surface area contributed by atoms with Crippen molar-refractivity contribution < 1.29 is 4.42 Å². The van der Waals surface area contributed by atoms with Gasteiger partial charge in [0.15, 0.2) is 0 Å². The highest BCUT2D eigenvalue weighted by Crippen LogP contribution is 2.27. The monoisotopic (exact) mass is 278 g/mol. The van der Waals surface area contributed by atoms with Gasteiger partial charge in [-0.15, -0.1) is 0 Å². The molecular formula is C17H30N2O. The molecule has 0 aliphatic heterocycles. The fourth-order valence-corrected chi connectivity index (χ4v) is 2.57. The van der Waals surface area contributed by atoms with Crippen molar-refractivity contribution in [2.75, 3.05) is 13.1 Å². The second-order valence-electron chi connectivity index (χ2n) is 7.10. The molecule has 3 nitrogen and oxygen atoms in total. The summed E-state index contributed by atoms with van der Waals surface area (Å²) in [5, 5.41) is 3.54. The van der Waals surface area contributed by atoms with Gasteiger partial charge in [-0.1, -0.05) is 13.3 Å². The van der Waals surface area contributed by atoms with E-state index in [0.29, 0.717) is 0 Å². The summed E-state index contributed by atoms with van der Waals surface area (Å²) in [6.07, 6.45) is 6.07. The third-order valence-corrected chi connectivity index (χ3v) is 4.20. The Balaban J connectivity index is 1.89. The Morgan fingerprint density at radius 1 is 1.35 bits per heavy atom. The van der Waals surface area contributed by atoms with E-state index >= 15 is 0 Å². The molecule has 1 aromatic rings. The van der Waals surface area contributed by atoms with Crippen LogP contribution < -0.4 is 5.32 Å². The number of nitrogens with zero attached hydrogens (tertiary/aromatic N) is 1. The first-order valence-corrected chi connectivity index (χ1v) is 8.00.